The Balaban J connectivity index is 2.16. The smallest absolute Gasteiger partial charge is 0.341 e. The number of methoxy groups -OCH3 is 1. The molecule has 116 valence electrons. The van der Waals surface area contributed by atoms with Crippen molar-refractivity contribution >= 4 is 45.5 Å². The van der Waals surface area contributed by atoms with Crippen molar-refractivity contribution in [1.29, 1.82) is 0 Å². The molecule has 0 unspecified atom stereocenters. The molecule has 2 rings (SSSR count). The van der Waals surface area contributed by atoms with Crippen LogP contribution in [0.3, 0.4) is 0 Å². The van der Waals surface area contributed by atoms with Gasteiger partial charge in [-0.1, -0.05) is 6.07 Å². The summed E-state index contributed by atoms with van der Waals surface area (Å²) in [6.45, 7) is 5.81. The fourth-order valence-electron chi connectivity index (χ4n) is 1.86. The Morgan fingerprint density at radius 3 is 2.59 bits per heavy atom. The molecule has 5 nitrogen and oxygen atoms in total. The lowest BCUT2D eigenvalue weighted by Gasteiger charge is -2.10. The maximum absolute atomic E-state index is 11.9. The van der Waals surface area contributed by atoms with E-state index in [0.717, 1.165) is 16.0 Å². The Labute approximate surface area is 138 Å². The highest BCUT2D eigenvalue weighted by atomic mass is 32.1. The molecular formula is C15H17N3O2S2. The molecule has 0 saturated heterocycles. The van der Waals surface area contributed by atoms with Crippen LogP contribution in [0.15, 0.2) is 18.3 Å². The number of hydrogen-bond donors (Lipinski definition) is 2. The largest absolute Gasteiger partial charge is 0.465 e. The SMILES string of the molecule is COC(=O)c1c(NC(=S)Nc2ccc(C)cn2)sc(C)c1C. The molecule has 2 N–H and O–H groups in total. The summed E-state index contributed by atoms with van der Waals surface area (Å²) in [6.07, 6.45) is 1.75. The van der Waals surface area contributed by atoms with Gasteiger partial charge in [-0.2, -0.15) is 0 Å². The second-order valence-electron chi connectivity index (χ2n) is 4.78. The fourth-order valence-corrected chi connectivity index (χ4v) is 3.18. The standard InChI is InChI=1S/C15H17N3O2S2/c1-8-5-6-11(16-7-8)17-15(21)18-13-12(14(19)20-4)9(2)10(3)22-13/h5-7H,1-4H3,(H2,16,17,18,21). The number of nitrogens with zero attached hydrogens (tertiary/aromatic N) is 1. The predicted molar refractivity (Wildman–Crippen MR) is 93.9 cm³/mol. The van der Waals surface area contributed by atoms with Crippen molar-refractivity contribution < 1.29 is 9.53 Å². The van der Waals surface area contributed by atoms with Crippen molar-refractivity contribution in [1.82, 2.24) is 4.98 Å². The minimum Gasteiger partial charge on any atom is -0.465 e. The van der Waals surface area contributed by atoms with Crippen LogP contribution in [0.5, 0.6) is 0 Å². The van der Waals surface area contributed by atoms with Crippen molar-refractivity contribution in [3.63, 3.8) is 0 Å². The Kier molecular flexibility index (Phi) is 5.10. The second-order valence-corrected chi connectivity index (χ2v) is 6.41. The minimum atomic E-state index is -0.374. The normalized spacial score (nSPS) is 10.2. The van der Waals surface area contributed by atoms with Crippen LogP contribution in [0, 0.1) is 20.8 Å². The molecule has 0 fully saturated rings. The molecule has 2 aromatic rings. The van der Waals surface area contributed by atoms with Crippen LogP contribution in [-0.2, 0) is 4.74 Å². The molecule has 0 bridgehead atoms. The first-order valence-corrected chi connectivity index (χ1v) is 7.83. The lowest BCUT2D eigenvalue weighted by Crippen LogP contribution is -2.20. The number of esters is 1. The summed E-state index contributed by atoms with van der Waals surface area (Å²) in [5.41, 5.74) is 2.49. The first kappa shape index (κ1) is 16.4. The highest BCUT2D eigenvalue weighted by molar-refractivity contribution is 7.80. The molecule has 0 aliphatic carbocycles. The molecule has 0 aromatic carbocycles. The van der Waals surface area contributed by atoms with Crippen LogP contribution in [0.4, 0.5) is 10.8 Å². The average Bonchev–Trinajstić information content (AvgIpc) is 2.75. The third kappa shape index (κ3) is 3.61. The molecule has 7 heteroatoms. The lowest BCUT2D eigenvalue weighted by atomic mass is 10.1. The zero-order valence-electron chi connectivity index (χ0n) is 12.8. The quantitative estimate of drug-likeness (QED) is 0.659. The Hall–Kier alpha value is -1.99. The molecule has 2 aromatic heterocycles. The number of anilines is 2. The van der Waals surface area contributed by atoms with Crippen LogP contribution in [-0.4, -0.2) is 23.2 Å². The van der Waals surface area contributed by atoms with Crippen molar-refractivity contribution in [2.75, 3.05) is 17.7 Å². The highest BCUT2D eigenvalue weighted by Gasteiger charge is 2.20. The monoisotopic (exact) mass is 335 g/mol. The van der Waals surface area contributed by atoms with Crippen LogP contribution < -0.4 is 10.6 Å². The number of thiocarbonyl (C=S) groups is 1. The van der Waals surface area contributed by atoms with Gasteiger partial charge in [0.2, 0.25) is 0 Å². The molecule has 2 heterocycles. The minimum absolute atomic E-state index is 0.374. The fraction of sp³-hybridized carbons (Fsp3) is 0.267. The zero-order valence-corrected chi connectivity index (χ0v) is 14.4. The predicted octanol–water partition coefficient (Wildman–Crippen LogP) is 3.66. The van der Waals surface area contributed by atoms with Crippen LogP contribution in [0.2, 0.25) is 0 Å². The van der Waals surface area contributed by atoms with E-state index < -0.39 is 0 Å². The van der Waals surface area contributed by atoms with E-state index in [-0.39, 0.29) is 5.97 Å². The van der Waals surface area contributed by atoms with Gasteiger partial charge < -0.3 is 15.4 Å². The number of aryl methyl sites for hydroxylation is 2. The van der Waals surface area contributed by atoms with Crippen LogP contribution in [0.25, 0.3) is 0 Å². The van der Waals surface area contributed by atoms with Gasteiger partial charge in [-0.05, 0) is 50.2 Å². The Morgan fingerprint density at radius 2 is 2.00 bits per heavy atom. The molecule has 0 atom stereocenters. The van der Waals surface area contributed by atoms with E-state index in [4.69, 9.17) is 17.0 Å². The maximum Gasteiger partial charge on any atom is 0.341 e. The number of thiophene rings is 1. The van der Waals surface area contributed by atoms with Gasteiger partial charge in [-0.3, -0.25) is 0 Å². The first-order chi connectivity index (χ1) is 10.4. The molecule has 0 spiro atoms. The van der Waals surface area contributed by atoms with Crippen LogP contribution >= 0.6 is 23.6 Å². The molecule has 0 aliphatic rings. The van der Waals surface area contributed by atoms with E-state index in [2.05, 4.69) is 15.6 Å². The number of carbonyl (C=O) groups is 1. The van der Waals surface area contributed by atoms with Gasteiger partial charge in [0.05, 0.1) is 12.7 Å². The van der Waals surface area contributed by atoms with Crippen molar-refractivity contribution in [2.24, 2.45) is 0 Å². The number of aromatic nitrogens is 1. The van der Waals surface area contributed by atoms with Crippen molar-refractivity contribution in [2.45, 2.75) is 20.8 Å². The first-order valence-electron chi connectivity index (χ1n) is 6.61. The molecule has 0 radical (unpaired) electrons. The summed E-state index contributed by atoms with van der Waals surface area (Å²) in [5.74, 6) is 0.272. The zero-order chi connectivity index (χ0) is 16.3. The van der Waals surface area contributed by atoms with Gasteiger partial charge in [-0.15, -0.1) is 11.3 Å². The third-order valence-electron chi connectivity index (χ3n) is 3.15. The van der Waals surface area contributed by atoms with E-state index in [1.165, 1.54) is 18.4 Å². The topological polar surface area (TPSA) is 63.2 Å². The van der Waals surface area contributed by atoms with Gasteiger partial charge in [-0.25, -0.2) is 9.78 Å². The number of hydrogen-bond acceptors (Lipinski definition) is 5. The van der Waals surface area contributed by atoms with Crippen molar-refractivity contribution in [3.8, 4) is 0 Å². The summed E-state index contributed by atoms with van der Waals surface area (Å²) in [6, 6.07) is 3.78. The number of rotatable bonds is 3. The summed E-state index contributed by atoms with van der Waals surface area (Å²) in [7, 11) is 1.37. The van der Waals surface area contributed by atoms with Gasteiger partial charge in [0.25, 0.3) is 0 Å². The number of ether oxygens (including phenoxy) is 1. The van der Waals surface area contributed by atoms with E-state index >= 15 is 0 Å². The Morgan fingerprint density at radius 1 is 1.27 bits per heavy atom. The lowest BCUT2D eigenvalue weighted by molar-refractivity contribution is 0.0601. The highest BCUT2D eigenvalue weighted by Crippen LogP contribution is 2.33. The van der Waals surface area contributed by atoms with E-state index in [0.29, 0.717) is 21.5 Å². The van der Waals surface area contributed by atoms with Gasteiger partial charge in [0.1, 0.15) is 10.8 Å². The third-order valence-corrected chi connectivity index (χ3v) is 4.48. The van der Waals surface area contributed by atoms with Crippen molar-refractivity contribution in [3.05, 3.63) is 39.9 Å². The van der Waals surface area contributed by atoms with Gasteiger partial charge >= 0.3 is 5.97 Å². The number of pyridine rings is 1. The van der Waals surface area contributed by atoms with Gasteiger partial charge in [0, 0.05) is 11.1 Å². The average molecular weight is 335 g/mol. The molecule has 22 heavy (non-hydrogen) atoms. The van der Waals surface area contributed by atoms with Gasteiger partial charge in [0.15, 0.2) is 5.11 Å². The molecule has 0 amide bonds. The molecular weight excluding hydrogens is 318 g/mol. The maximum atomic E-state index is 11.9. The number of nitrogens with one attached hydrogen (secondary N) is 2. The van der Waals surface area contributed by atoms with E-state index in [1.54, 1.807) is 6.20 Å². The summed E-state index contributed by atoms with van der Waals surface area (Å²) < 4.78 is 4.84. The van der Waals surface area contributed by atoms with Crippen LogP contribution in [0.1, 0.15) is 26.4 Å². The molecule has 0 saturated carbocycles. The second kappa shape index (κ2) is 6.85. The number of carbonyl (C=O) groups excluding carboxylic acids is 1. The molecule has 0 aliphatic heterocycles. The Bertz CT molecular complexity index is 708. The summed E-state index contributed by atoms with van der Waals surface area (Å²) in [5, 5.41) is 7.09. The summed E-state index contributed by atoms with van der Waals surface area (Å²) in [4.78, 5) is 17.2. The summed E-state index contributed by atoms with van der Waals surface area (Å²) >= 11 is 6.74. The van der Waals surface area contributed by atoms with E-state index in [1.807, 2.05) is 32.9 Å². The van der Waals surface area contributed by atoms with E-state index in [9.17, 15) is 4.79 Å².